The molecule has 1 aliphatic rings. The minimum atomic E-state index is -4.48. The highest BCUT2D eigenvalue weighted by atomic mass is 31.2. The van der Waals surface area contributed by atoms with Gasteiger partial charge in [-0.1, -0.05) is 19.3 Å². The summed E-state index contributed by atoms with van der Waals surface area (Å²) < 4.78 is 18.8. The van der Waals surface area contributed by atoms with E-state index < -0.39 is 13.4 Å². The Morgan fingerprint density at radius 1 is 1.19 bits per heavy atom. The number of nitrogens with zero attached hydrogens (tertiary/aromatic N) is 5. The summed E-state index contributed by atoms with van der Waals surface area (Å²) in [7, 11) is -4.48. The van der Waals surface area contributed by atoms with Crippen LogP contribution in [0.2, 0.25) is 0 Å². The summed E-state index contributed by atoms with van der Waals surface area (Å²) in [5.74, 6) is -1.08. The summed E-state index contributed by atoms with van der Waals surface area (Å²) in [6.45, 7) is 0.349. The molecule has 1 atom stereocenters. The van der Waals surface area contributed by atoms with Gasteiger partial charge in [-0.25, -0.2) is 15.0 Å². The molecule has 0 spiro atoms. The molecular formula is C16H21N6O4P. The molecule has 0 saturated heterocycles. The largest absolute Gasteiger partial charge is 0.382 e. The second-order valence-electron chi connectivity index (χ2n) is 6.02. The van der Waals surface area contributed by atoms with Crippen molar-refractivity contribution in [1.82, 2.24) is 24.5 Å². The predicted molar refractivity (Wildman–Crippen MR) is 98.6 cm³/mol. The normalized spacial score (nSPS) is 14.4. The minimum Gasteiger partial charge on any atom is -0.382 e. The summed E-state index contributed by atoms with van der Waals surface area (Å²) >= 11 is 0. The third kappa shape index (κ3) is 5.30. The van der Waals surface area contributed by atoms with Crippen molar-refractivity contribution in [1.29, 1.82) is 0 Å². The zero-order valence-electron chi connectivity index (χ0n) is 14.5. The standard InChI is InChI=1S/C13H15N6O4P.C3H6/c14-11-10-12(17-7-16-11)19(8-18-10)5-6-23-13(24(20,21)22)9-1-3-15-4-2-9;1-2-3-1/h1-4,7-8,13H,5-6H2,(H2,14,16,17)(H2,20,21,22);1-3H2. The third-order valence-corrected chi connectivity index (χ3v) is 4.75. The van der Waals surface area contributed by atoms with Crippen LogP contribution < -0.4 is 5.73 Å². The molecule has 0 aromatic carbocycles. The van der Waals surface area contributed by atoms with E-state index in [0.717, 1.165) is 0 Å². The van der Waals surface area contributed by atoms with Crippen molar-refractivity contribution >= 4 is 24.6 Å². The van der Waals surface area contributed by atoms with Gasteiger partial charge >= 0.3 is 7.60 Å². The van der Waals surface area contributed by atoms with Crippen LogP contribution in [-0.2, 0) is 15.8 Å². The average Bonchev–Trinajstić information content (AvgIpc) is 3.46. The average molecular weight is 392 g/mol. The van der Waals surface area contributed by atoms with Crippen LogP contribution in [0.5, 0.6) is 0 Å². The smallest absolute Gasteiger partial charge is 0.358 e. The van der Waals surface area contributed by atoms with E-state index in [4.69, 9.17) is 10.5 Å². The molecule has 4 rings (SSSR count). The molecule has 0 amide bonds. The van der Waals surface area contributed by atoms with Crippen molar-refractivity contribution in [3.8, 4) is 0 Å². The van der Waals surface area contributed by atoms with Crippen LogP contribution in [0.3, 0.4) is 0 Å². The number of imidazole rings is 1. The molecule has 1 fully saturated rings. The lowest BCUT2D eigenvalue weighted by Gasteiger charge is -2.19. The van der Waals surface area contributed by atoms with E-state index in [9.17, 15) is 14.4 Å². The van der Waals surface area contributed by atoms with Crippen molar-refractivity contribution in [3.63, 3.8) is 0 Å². The minimum absolute atomic E-state index is 0.0491. The Labute approximate surface area is 155 Å². The van der Waals surface area contributed by atoms with Gasteiger partial charge in [0.05, 0.1) is 12.9 Å². The van der Waals surface area contributed by atoms with Crippen molar-refractivity contribution in [2.75, 3.05) is 12.3 Å². The highest BCUT2D eigenvalue weighted by Gasteiger charge is 2.31. The number of ether oxygens (including phenoxy) is 1. The van der Waals surface area contributed by atoms with Gasteiger partial charge in [0, 0.05) is 18.9 Å². The van der Waals surface area contributed by atoms with Crippen molar-refractivity contribution in [2.45, 2.75) is 31.7 Å². The maximum atomic E-state index is 11.7. The highest BCUT2D eigenvalue weighted by Crippen LogP contribution is 2.52. The van der Waals surface area contributed by atoms with Gasteiger partial charge in [-0.15, -0.1) is 0 Å². The van der Waals surface area contributed by atoms with Gasteiger partial charge in [-0.3, -0.25) is 9.55 Å². The molecule has 144 valence electrons. The van der Waals surface area contributed by atoms with Crippen molar-refractivity contribution in [2.24, 2.45) is 0 Å². The van der Waals surface area contributed by atoms with E-state index in [1.807, 2.05) is 0 Å². The van der Waals surface area contributed by atoms with Gasteiger partial charge in [0.1, 0.15) is 11.8 Å². The number of hydrogen-bond donors (Lipinski definition) is 3. The number of pyridine rings is 1. The van der Waals surface area contributed by atoms with E-state index in [2.05, 4.69) is 19.9 Å². The van der Waals surface area contributed by atoms with E-state index in [1.165, 1.54) is 56.4 Å². The fourth-order valence-corrected chi connectivity index (χ4v) is 3.10. The van der Waals surface area contributed by atoms with Crippen LogP contribution in [0.25, 0.3) is 11.2 Å². The maximum absolute atomic E-state index is 11.7. The fraction of sp³-hybridized carbons (Fsp3) is 0.375. The lowest BCUT2D eigenvalue weighted by atomic mass is 10.3. The summed E-state index contributed by atoms with van der Waals surface area (Å²) in [6.07, 6.45) is 10.2. The molecule has 0 aliphatic heterocycles. The Morgan fingerprint density at radius 2 is 1.89 bits per heavy atom. The SMILES string of the molecule is C1CC1.Nc1ncnc2c1ncn2CCOC(c1ccncc1)P(=O)(O)O. The lowest BCUT2D eigenvalue weighted by Crippen LogP contribution is -2.11. The van der Waals surface area contributed by atoms with E-state index >= 15 is 0 Å². The molecule has 27 heavy (non-hydrogen) atoms. The zero-order valence-corrected chi connectivity index (χ0v) is 15.4. The first-order valence-corrected chi connectivity index (χ1v) is 10.1. The van der Waals surface area contributed by atoms with Crippen LogP contribution in [0, 0.1) is 0 Å². The Hall–Kier alpha value is -2.39. The fourth-order valence-electron chi connectivity index (χ4n) is 2.24. The second-order valence-corrected chi connectivity index (χ2v) is 7.67. The topological polar surface area (TPSA) is 149 Å². The number of nitrogens with two attached hydrogens (primary N) is 1. The molecule has 4 N–H and O–H groups in total. The molecule has 11 heteroatoms. The first-order valence-electron chi connectivity index (χ1n) is 8.45. The van der Waals surface area contributed by atoms with Gasteiger partial charge in [0.2, 0.25) is 0 Å². The summed E-state index contributed by atoms with van der Waals surface area (Å²) in [6, 6.07) is 3.01. The number of hydrogen-bond acceptors (Lipinski definition) is 7. The maximum Gasteiger partial charge on any atom is 0.358 e. The zero-order chi connectivity index (χ0) is 19.3. The van der Waals surface area contributed by atoms with Crippen LogP contribution in [0.1, 0.15) is 30.7 Å². The Bertz CT molecular complexity index is 924. The van der Waals surface area contributed by atoms with E-state index in [0.29, 0.717) is 23.3 Å². The molecule has 1 aliphatic carbocycles. The van der Waals surface area contributed by atoms with E-state index in [1.54, 1.807) is 4.57 Å². The van der Waals surface area contributed by atoms with Gasteiger partial charge in [-0.2, -0.15) is 0 Å². The van der Waals surface area contributed by atoms with Gasteiger partial charge in [0.25, 0.3) is 0 Å². The molecule has 3 aromatic heterocycles. The van der Waals surface area contributed by atoms with Crippen molar-refractivity contribution < 1.29 is 19.1 Å². The molecule has 1 unspecified atom stereocenters. The van der Waals surface area contributed by atoms with Gasteiger partial charge in [0.15, 0.2) is 17.3 Å². The molecule has 0 bridgehead atoms. The molecule has 1 saturated carbocycles. The first kappa shape index (κ1) is 19.4. The van der Waals surface area contributed by atoms with Crippen LogP contribution in [-0.4, -0.2) is 40.9 Å². The summed E-state index contributed by atoms with van der Waals surface area (Å²) in [5, 5.41) is 0. The molecule has 0 radical (unpaired) electrons. The molecular weight excluding hydrogens is 371 g/mol. The predicted octanol–water partition coefficient (Wildman–Crippen LogP) is 1.87. The van der Waals surface area contributed by atoms with Crippen LogP contribution in [0.15, 0.2) is 37.2 Å². The summed E-state index contributed by atoms with van der Waals surface area (Å²) in [5.41, 5.74) is 7.07. The Balaban J connectivity index is 0.000000637. The van der Waals surface area contributed by atoms with Crippen LogP contribution in [0.4, 0.5) is 5.82 Å². The third-order valence-electron chi connectivity index (χ3n) is 3.69. The second kappa shape index (κ2) is 8.53. The number of rotatable bonds is 6. The lowest BCUT2D eigenvalue weighted by molar-refractivity contribution is 0.0801. The number of fused-ring (bicyclic) bond motifs is 1. The Morgan fingerprint density at radius 3 is 2.52 bits per heavy atom. The number of nitrogen functional groups attached to an aromatic ring is 1. The number of anilines is 1. The molecule has 10 nitrogen and oxygen atoms in total. The first-order chi connectivity index (χ1) is 13.0. The number of aromatic nitrogens is 5. The Kier molecular flexibility index (Phi) is 6.12. The molecule has 3 aromatic rings. The summed E-state index contributed by atoms with van der Waals surface area (Å²) in [4.78, 5) is 34.9. The quantitative estimate of drug-likeness (QED) is 0.534. The van der Waals surface area contributed by atoms with Gasteiger partial charge < -0.3 is 24.8 Å². The molecule has 3 heterocycles. The van der Waals surface area contributed by atoms with E-state index in [-0.39, 0.29) is 12.4 Å². The highest BCUT2D eigenvalue weighted by molar-refractivity contribution is 7.52. The monoisotopic (exact) mass is 392 g/mol. The van der Waals surface area contributed by atoms with Crippen molar-refractivity contribution in [3.05, 3.63) is 42.7 Å². The van der Waals surface area contributed by atoms with Crippen LogP contribution >= 0.6 is 7.60 Å². The van der Waals surface area contributed by atoms with Gasteiger partial charge in [-0.05, 0) is 17.7 Å².